The summed E-state index contributed by atoms with van der Waals surface area (Å²) in [5.41, 5.74) is -0.431. The summed E-state index contributed by atoms with van der Waals surface area (Å²) in [6.07, 6.45) is 7.23. The van der Waals surface area contributed by atoms with E-state index in [9.17, 15) is 14.4 Å². The number of aromatic nitrogens is 2. The average Bonchev–Trinajstić information content (AvgIpc) is 3.45. The summed E-state index contributed by atoms with van der Waals surface area (Å²) < 4.78 is 16.8. The first-order valence-electron chi connectivity index (χ1n) is 12.6. The van der Waals surface area contributed by atoms with E-state index in [1.807, 2.05) is 0 Å². The Morgan fingerprint density at radius 2 is 2.00 bits per heavy atom. The van der Waals surface area contributed by atoms with Gasteiger partial charge >= 0.3 is 6.09 Å². The van der Waals surface area contributed by atoms with Gasteiger partial charge in [0, 0.05) is 31.6 Å². The fourth-order valence-electron chi connectivity index (χ4n) is 5.51. The van der Waals surface area contributed by atoms with Crippen molar-refractivity contribution >= 4 is 29.0 Å². The number of carbonyl (C=O) groups is 3. The molecule has 1 aliphatic heterocycles. The van der Waals surface area contributed by atoms with Crippen LogP contribution in [0.5, 0.6) is 0 Å². The van der Waals surface area contributed by atoms with E-state index >= 15 is 0 Å². The molecule has 35 heavy (non-hydrogen) atoms. The smallest absolute Gasteiger partial charge is 0.408 e. The third-order valence-corrected chi connectivity index (χ3v) is 7.51. The molecule has 0 bridgehead atoms. The van der Waals surface area contributed by atoms with E-state index in [1.165, 1.54) is 6.42 Å². The molecule has 2 aromatic heterocycles. The molecule has 1 saturated heterocycles. The summed E-state index contributed by atoms with van der Waals surface area (Å²) in [6, 6.07) is 2.51. The van der Waals surface area contributed by atoms with Gasteiger partial charge in [-0.1, -0.05) is 39.0 Å². The predicted molar refractivity (Wildman–Crippen MR) is 125 cm³/mol. The number of ketones is 1. The molecule has 5 rings (SSSR count). The fraction of sp³-hybridized carbons (Fsp3) is 0.640. The van der Waals surface area contributed by atoms with Crippen molar-refractivity contribution in [3.63, 3.8) is 0 Å². The molecule has 10 nitrogen and oxygen atoms in total. The molecule has 3 atom stereocenters. The lowest BCUT2D eigenvalue weighted by Gasteiger charge is -2.32. The monoisotopic (exact) mass is 484 g/mol. The zero-order valence-electron chi connectivity index (χ0n) is 20.0. The summed E-state index contributed by atoms with van der Waals surface area (Å²) in [6.45, 7) is 3.72. The van der Waals surface area contributed by atoms with Crippen LogP contribution in [0, 0.1) is 11.8 Å². The van der Waals surface area contributed by atoms with Crippen LogP contribution < -0.4 is 5.32 Å². The highest BCUT2D eigenvalue weighted by atomic mass is 16.6. The Hall–Kier alpha value is -3.01. The first-order chi connectivity index (χ1) is 17.0. The standard InChI is InChI=1S/C25H32N4O6/c1-2-18(20(30)22-27-19-9-6-10-26-21(19)34-22)28-24(32)35-25(23(31)29-11-13-33-14-12-29)15-17(25)16-7-4-3-5-8-16/h6,9-10,16-18H,2-5,7-8,11-15H2,1H3,(H,28,32)/t17?,18-,25?/m0/s1. The first kappa shape index (κ1) is 23.7. The summed E-state index contributed by atoms with van der Waals surface area (Å²) in [7, 11) is 0. The van der Waals surface area contributed by atoms with Gasteiger partial charge in [0.25, 0.3) is 11.8 Å². The van der Waals surface area contributed by atoms with E-state index in [0.29, 0.717) is 50.6 Å². The van der Waals surface area contributed by atoms with E-state index in [0.717, 1.165) is 25.7 Å². The van der Waals surface area contributed by atoms with Gasteiger partial charge in [-0.05, 0) is 24.5 Å². The number of alkyl carbamates (subject to hydrolysis) is 1. The van der Waals surface area contributed by atoms with E-state index in [1.54, 1.807) is 30.2 Å². The molecular weight excluding hydrogens is 452 g/mol. The van der Waals surface area contributed by atoms with E-state index < -0.39 is 23.5 Å². The molecule has 0 radical (unpaired) electrons. The van der Waals surface area contributed by atoms with Gasteiger partial charge in [-0.25, -0.2) is 14.8 Å². The normalized spacial score (nSPS) is 25.7. The van der Waals surface area contributed by atoms with Crippen molar-refractivity contribution in [2.24, 2.45) is 11.8 Å². The predicted octanol–water partition coefficient (Wildman–Crippen LogP) is 3.11. The largest absolute Gasteiger partial charge is 0.432 e. The van der Waals surface area contributed by atoms with Gasteiger partial charge in [0.15, 0.2) is 5.60 Å². The van der Waals surface area contributed by atoms with Crippen LogP contribution in [0.2, 0.25) is 0 Å². The molecule has 3 heterocycles. The highest BCUT2D eigenvalue weighted by Crippen LogP contribution is 2.56. The third kappa shape index (κ3) is 4.76. The third-order valence-electron chi connectivity index (χ3n) is 7.51. The molecule has 2 aliphatic carbocycles. The number of morpholine rings is 1. The molecule has 2 amide bonds. The van der Waals surface area contributed by atoms with Crippen LogP contribution in [0.15, 0.2) is 22.7 Å². The summed E-state index contributed by atoms with van der Waals surface area (Å²) in [5, 5.41) is 2.66. The average molecular weight is 485 g/mol. The van der Waals surface area contributed by atoms with Crippen LogP contribution >= 0.6 is 0 Å². The first-order valence-corrected chi connectivity index (χ1v) is 12.6. The maximum absolute atomic E-state index is 13.5. The maximum atomic E-state index is 13.5. The molecule has 2 saturated carbocycles. The van der Waals surface area contributed by atoms with Crippen molar-refractivity contribution in [1.29, 1.82) is 0 Å². The minimum atomic E-state index is -1.16. The quantitative estimate of drug-likeness (QED) is 0.595. The van der Waals surface area contributed by atoms with Crippen molar-refractivity contribution in [1.82, 2.24) is 20.2 Å². The molecule has 3 fully saturated rings. The van der Waals surface area contributed by atoms with Crippen molar-refractivity contribution in [2.45, 2.75) is 63.5 Å². The SMILES string of the molecule is CC[C@H](NC(=O)OC1(C(=O)N2CCOCC2)CC1C1CCCCC1)C(=O)c1nc2cccnc2o1. The molecule has 0 aromatic carbocycles. The van der Waals surface area contributed by atoms with Gasteiger partial charge in [-0.3, -0.25) is 9.59 Å². The second-order valence-electron chi connectivity index (χ2n) is 9.71. The van der Waals surface area contributed by atoms with Gasteiger partial charge in [0.1, 0.15) is 11.6 Å². The fourth-order valence-corrected chi connectivity index (χ4v) is 5.51. The van der Waals surface area contributed by atoms with Crippen molar-refractivity contribution in [3.8, 4) is 0 Å². The number of nitrogens with zero attached hydrogens (tertiary/aromatic N) is 3. The second-order valence-corrected chi connectivity index (χ2v) is 9.71. The highest BCUT2D eigenvalue weighted by molar-refractivity contribution is 5.99. The lowest BCUT2D eigenvalue weighted by atomic mass is 9.84. The molecular formula is C25H32N4O6. The van der Waals surface area contributed by atoms with Gasteiger partial charge < -0.3 is 24.1 Å². The van der Waals surface area contributed by atoms with Gasteiger partial charge in [-0.15, -0.1) is 0 Å². The topological polar surface area (TPSA) is 124 Å². The second kappa shape index (κ2) is 9.93. The Morgan fingerprint density at radius 3 is 2.71 bits per heavy atom. The molecule has 2 aromatic rings. The number of hydrogen-bond acceptors (Lipinski definition) is 8. The van der Waals surface area contributed by atoms with Gasteiger partial charge in [-0.2, -0.15) is 0 Å². The molecule has 2 unspecified atom stereocenters. The number of hydrogen-bond donors (Lipinski definition) is 1. The van der Waals surface area contributed by atoms with Crippen molar-refractivity contribution in [3.05, 3.63) is 24.2 Å². The number of amides is 2. The Balaban J connectivity index is 1.29. The molecule has 10 heteroatoms. The number of pyridine rings is 1. The number of oxazole rings is 1. The van der Waals surface area contributed by atoms with Crippen LogP contribution in [0.4, 0.5) is 4.79 Å². The number of carbonyl (C=O) groups excluding carboxylic acids is 3. The molecule has 1 N–H and O–H groups in total. The number of rotatable bonds is 7. The number of fused-ring (bicyclic) bond motifs is 1. The zero-order chi connectivity index (χ0) is 24.4. The van der Waals surface area contributed by atoms with E-state index in [4.69, 9.17) is 13.9 Å². The van der Waals surface area contributed by atoms with Crippen LogP contribution in [0.3, 0.4) is 0 Å². The lowest BCUT2D eigenvalue weighted by Crippen LogP contribution is -2.51. The lowest BCUT2D eigenvalue weighted by molar-refractivity contribution is -0.148. The van der Waals surface area contributed by atoms with Gasteiger partial charge in [0.05, 0.1) is 13.2 Å². The van der Waals surface area contributed by atoms with Crippen LogP contribution in [0.25, 0.3) is 11.2 Å². The Kier molecular flexibility index (Phi) is 6.73. The van der Waals surface area contributed by atoms with Gasteiger partial charge in [0.2, 0.25) is 11.5 Å². The summed E-state index contributed by atoms with van der Waals surface area (Å²) >= 11 is 0. The summed E-state index contributed by atoms with van der Waals surface area (Å²) in [4.78, 5) is 49.6. The van der Waals surface area contributed by atoms with Crippen LogP contribution in [-0.2, 0) is 14.3 Å². The van der Waals surface area contributed by atoms with Crippen LogP contribution in [0.1, 0.15) is 62.6 Å². The van der Waals surface area contributed by atoms with E-state index in [2.05, 4.69) is 15.3 Å². The Bertz CT molecular complexity index is 1060. The van der Waals surface area contributed by atoms with Crippen molar-refractivity contribution < 1.29 is 28.3 Å². The number of nitrogens with one attached hydrogen (secondary N) is 1. The number of Topliss-reactive ketones (excluding diaryl/α,β-unsaturated/α-hetero) is 1. The highest BCUT2D eigenvalue weighted by Gasteiger charge is 2.67. The van der Waals surface area contributed by atoms with Crippen LogP contribution in [-0.4, -0.2) is 70.6 Å². The van der Waals surface area contributed by atoms with Crippen molar-refractivity contribution in [2.75, 3.05) is 26.3 Å². The molecule has 3 aliphatic rings. The Labute approximate surface area is 203 Å². The minimum absolute atomic E-state index is 0.0165. The Morgan fingerprint density at radius 1 is 1.23 bits per heavy atom. The maximum Gasteiger partial charge on any atom is 0.408 e. The molecule has 188 valence electrons. The number of ether oxygens (including phenoxy) is 2. The molecule has 0 spiro atoms. The summed E-state index contributed by atoms with van der Waals surface area (Å²) in [5.74, 6) is -0.330. The zero-order valence-corrected chi connectivity index (χ0v) is 20.0. The minimum Gasteiger partial charge on any atom is -0.432 e. The van der Waals surface area contributed by atoms with E-state index in [-0.39, 0.29) is 23.4 Å².